The highest BCUT2D eigenvalue weighted by Gasteiger charge is 2.15. The van der Waals surface area contributed by atoms with Crippen molar-refractivity contribution < 1.29 is 14.5 Å². The van der Waals surface area contributed by atoms with Crippen LogP contribution in [-0.4, -0.2) is 20.3 Å². The van der Waals surface area contributed by atoms with Crippen LogP contribution < -0.4 is 4.74 Å². The lowest BCUT2D eigenvalue weighted by Crippen LogP contribution is -2.05. The molecule has 0 unspecified atom stereocenters. The first-order chi connectivity index (χ1) is 9.49. The van der Waals surface area contributed by atoms with Gasteiger partial charge in [0.05, 0.1) is 28.7 Å². The van der Waals surface area contributed by atoms with Gasteiger partial charge in [-0.2, -0.15) is 0 Å². The van der Waals surface area contributed by atoms with E-state index in [9.17, 15) is 14.9 Å². The van der Waals surface area contributed by atoms with Crippen LogP contribution in [0, 0.1) is 10.1 Å². The molecule has 2 aromatic rings. The van der Waals surface area contributed by atoms with E-state index in [1.807, 2.05) is 7.05 Å². The summed E-state index contributed by atoms with van der Waals surface area (Å²) in [5, 5.41) is 10.7. The number of carbonyl (C=O) groups excluding carboxylic acids is 1. The van der Waals surface area contributed by atoms with Gasteiger partial charge >= 0.3 is 0 Å². The number of aryl methyl sites for hydroxylation is 1. The summed E-state index contributed by atoms with van der Waals surface area (Å²) in [5.74, 6) is 0.0398. The lowest BCUT2D eigenvalue weighted by molar-refractivity contribution is -0.384. The SMILES string of the molecule is CC(=O)c1cc([N+](=O)[O-])ccc1OCc1cncn1C. The molecule has 2 rings (SSSR count). The first-order valence-electron chi connectivity index (χ1n) is 5.86. The van der Waals surface area contributed by atoms with Gasteiger partial charge in [0.1, 0.15) is 12.4 Å². The fourth-order valence-electron chi connectivity index (χ4n) is 1.71. The fraction of sp³-hybridized carbons (Fsp3) is 0.231. The molecule has 0 bridgehead atoms. The number of nitro groups is 1. The highest BCUT2D eigenvalue weighted by atomic mass is 16.6. The predicted octanol–water partition coefficient (Wildman–Crippen LogP) is 2.11. The molecule has 0 aliphatic rings. The maximum absolute atomic E-state index is 11.5. The Morgan fingerprint density at radius 2 is 2.25 bits per heavy atom. The van der Waals surface area contributed by atoms with Crippen molar-refractivity contribution in [2.75, 3.05) is 0 Å². The van der Waals surface area contributed by atoms with Crippen molar-refractivity contribution in [3.05, 3.63) is 52.1 Å². The van der Waals surface area contributed by atoms with Crippen molar-refractivity contribution in [3.8, 4) is 5.75 Å². The van der Waals surface area contributed by atoms with Crippen molar-refractivity contribution >= 4 is 11.5 Å². The smallest absolute Gasteiger partial charge is 0.270 e. The van der Waals surface area contributed by atoms with E-state index in [0.717, 1.165) is 5.69 Å². The number of nitro benzene ring substituents is 1. The van der Waals surface area contributed by atoms with E-state index < -0.39 is 4.92 Å². The first kappa shape index (κ1) is 13.7. The summed E-state index contributed by atoms with van der Waals surface area (Å²) in [6.07, 6.45) is 3.29. The van der Waals surface area contributed by atoms with Crippen LogP contribution in [0.2, 0.25) is 0 Å². The number of rotatable bonds is 5. The third-order valence-corrected chi connectivity index (χ3v) is 2.85. The topological polar surface area (TPSA) is 87.3 Å². The number of ether oxygens (including phenoxy) is 1. The van der Waals surface area contributed by atoms with E-state index in [4.69, 9.17) is 4.74 Å². The second-order valence-electron chi connectivity index (χ2n) is 4.28. The molecule has 0 saturated heterocycles. The highest BCUT2D eigenvalue weighted by Crippen LogP contribution is 2.25. The van der Waals surface area contributed by atoms with Gasteiger partial charge in [0.2, 0.25) is 0 Å². The van der Waals surface area contributed by atoms with Crippen LogP contribution in [0.3, 0.4) is 0 Å². The standard InChI is InChI=1S/C13H13N3O4/c1-9(17)12-5-10(16(18)19)3-4-13(12)20-7-11-6-14-8-15(11)2/h3-6,8H,7H2,1-2H3. The number of hydrogen-bond donors (Lipinski definition) is 0. The number of nitrogens with zero attached hydrogens (tertiary/aromatic N) is 3. The molecular weight excluding hydrogens is 262 g/mol. The van der Waals surface area contributed by atoms with Gasteiger partial charge in [-0.3, -0.25) is 14.9 Å². The minimum atomic E-state index is -0.544. The molecule has 0 amide bonds. The maximum atomic E-state index is 11.5. The molecular formula is C13H13N3O4. The highest BCUT2D eigenvalue weighted by molar-refractivity contribution is 5.97. The largest absolute Gasteiger partial charge is 0.487 e. The Bertz CT molecular complexity index is 663. The van der Waals surface area contributed by atoms with Gasteiger partial charge in [-0.1, -0.05) is 0 Å². The molecule has 0 radical (unpaired) electrons. The van der Waals surface area contributed by atoms with E-state index in [1.54, 1.807) is 17.1 Å². The van der Waals surface area contributed by atoms with Crippen molar-refractivity contribution in [2.45, 2.75) is 13.5 Å². The van der Waals surface area contributed by atoms with Crippen molar-refractivity contribution in [3.63, 3.8) is 0 Å². The Morgan fingerprint density at radius 1 is 1.50 bits per heavy atom. The Labute approximate surface area is 115 Å². The van der Waals surface area contributed by atoms with E-state index in [0.29, 0.717) is 5.75 Å². The molecule has 0 saturated carbocycles. The summed E-state index contributed by atoms with van der Waals surface area (Å²) in [6, 6.07) is 3.97. The summed E-state index contributed by atoms with van der Waals surface area (Å²) in [4.78, 5) is 25.7. The second kappa shape index (κ2) is 5.52. The monoisotopic (exact) mass is 275 g/mol. The normalized spacial score (nSPS) is 10.3. The van der Waals surface area contributed by atoms with Crippen LogP contribution in [0.5, 0.6) is 5.75 Å². The molecule has 0 aliphatic heterocycles. The molecule has 1 aromatic heterocycles. The summed E-state index contributed by atoms with van der Waals surface area (Å²) in [7, 11) is 1.83. The lowest BCUT2D eigenvalue weighted by Gasteiger charge is -2.09. The van der Waals surface area contributed by atoms with Crippen LogP contribution in [0.1, 0.15) is 23.0 Å². The zero-order chi connectivity index (χ0) is 14.7. The molecule has 1 heterocycles. The summed E-state index contributed by atoms with van der Waals surface area (Å²) >= 11 is 0. The van der Waals surface area contributed by atoms with Gasteiger partial charge in [0, 0.05) is 19.2 Å². The minimum absolute atomic E-state index is 0.136. The lowest BCUT2D eigenvalue weighted by atomic mass is 10.1. The first-order valence-corrected chi connectivity index (χ1v) is 5.86. The van der Waals surface area contributed by atoms with Gasteiger partial charge in [-0.25, -0.2) is 4.98 Å². The third-order valence-electron chi connectivity index (χ3n) is 2.85. The van der Waals surface area contributed by atoms with Gasteiger partial charge < -0.3 is 9.30 Å². The summed E-state index contributed by atoms with van der Waals surface area (Å²) in [6.45, 7) is 1.57. The molecule has 0 atom stereocenters. The quantitative estimate of drug-likeness (QED) is 0.473. The Kier molecular flexibility index (Phi) is 3.79. The van der Waals surface area contributed by atoms with Crippen LogP contribution >= 0.6 is 0 Å². The van der Waals surface area contributed by atoms with Gasteiger partial charge in [0.25, 0.3) is 5.69 Å². The van der Waals surface area contributed by atoms with Crippen LogP contribution in [0.4, 0.5) is 5.69 Å². The van der Waals surface area contributed by atoms with E-state index in [2.05, 4.69) is 4.98 Å². The number of hydrogen-bond acceptors (Lipinski definition) is 5. The van der Waals surface area contributed by atoms with E-state index >= 15 is 0 Å². The Morgan fingerprint density at radius 3 is 2.80 bits per heavy atom. The molecule has 104 valence electrons. The molecule has 7 heteroatoms. The molecule has 7 nitrogen and oxygen atoms in total. The third kappa shape index (κ3) is 2.82. The van der Waals surface area contributed by atoms with Crippen LogP contribution in [0.15, 0.2) is 30.7 Å². The fourth-order valence-corrected chi connectivity index (χ4v) is 1.71. The average molecular weight is 275 g/mol. The summed E-state index contributed by atoms with van der Waals surface area (Å²) in [5.41, 5.74) is 0.891. The molecule has 0 aliphatic carbocycles. The number of non-ortho nitro benzene ring substituents is 1. The molecule has 0 N–H and O–H groups in total. The number of Topliss-reactive ketones (excluding diaryl/α,β-unsaturated/α-hetero) is 1. The molecule has 20 heavy (non-hydrogen) atoms. The van der Waals surface area contributed by atoms with Gasteiger partial charge in [0.15, 0.2) is 5.78 Å². The predicted molar refractivity (Wildman–Crippen MR) is 70.6 cm³/mol. The Balaban J connectivity index is 2.25. The number of imidazole rings is 1. The van der Waals surface area contributed by atoms with Gasteiger partial charge in [-0.15, -0.1) is 0 Å². The van der Waals surface area contributed by atoms with Crippen molar-refractivity contribution in [1.82, 2.24) is 9.55 Å². The van der Waals surface area contributed by atoms with E-state index in [1.165, 1.54) is 25.1 Å². The number of ketones is 1. The molecule has 1 aromatic carbocycles. The molecule has 0 spiro atoms. The molecule has 0 fully saturated rings. The summed E-state index contributed by atoms with van der Waals surface area (Å²) < 4.78 is 7.34. The zero-order valence-corrected chi connectivity index (χ0v) is 11.1. The van der Waals surface area contributed by atoms with E-state index in [-0.39, 0.29) is 23.6 Å². The van der Waals surface area contributed by atoms with Crippen molar-refractivity contribution in [1.29, 1.82) is 0 Å². The Hall–Kier alpha value is -2.70. The van der Waals surface area contributed by atoms with Crippen LogP contribution in [0.25, 0.3) is 0 Å². The minimum Gasteiger partial charge on any atom is -0.487 e. The average Bonchev–Trinajstić information content (AvgIpc) is 2.81. The number of carbonyl (C=O) groups is 1. The van der Waals surface area contributed by atoms with Crippen molar-refractivity contribution in [2.24, 2.45) is 7.05 Å². The number of benzene rings is 1. The van der Waals surface area contributed by atoms with Gasteiger partial charge in [-0.05, 0) is 13.0 Å². The van der Waals surface area contributed by atoms with Crippen LogP contribution in [-0.2, 0) is 13.7 Å². The number of aromatic nitrogens is 2. The maximum Gasteiger partial charge on any atom is 0.270 e. The zero-order valence-electron chi connectivity index (χ0n) is 11.1. The second-order valence-corrected chi connectivity index (χ2v) is 4.28.